The van der Waals surface area contributed by atoms with Gasteiger partial charge < -0.3 is 14.7 Å². The van der Waals surface area contributed by atoms with Crippen LogP contribution in [0.1, 0.15) is 19.4 Å². The molecule has 106 valence electrons. The van der Waals surface area contributed by atoms with Gasteiger partial charge in [0, 0.05) is 13.1 Å². The molecule has 5 nitrogen and oxygen atoms in total. The van der Waals surface area contributed by atoms with Crippen LogP contribution in [0.4, 0.5) is 5.69 Å². The molecule has 1 amide bonds. The molecule has 1 heterocycles. The van der Waals surface area contributed by atoms with Crippen LogP contribution >= 0.6 is 0 Å². The second-order valence-corrected chi connectivity index (χ2v) is 5.02. The number of carbonyl (C=O) groups is 2. The summed E-state index contributed by atoms with van der Waals surface area (Å²) in [6.07, 6.45) is 1.21. The summed E-state index contributed by atoms with van der Waals surface area (Å²) >= 11 is 0. The Kier molecular flexibility index (Phi) is 3.79. The number of likely N-dealkylation sites (N-methyl/N-ethyl adjacent to an activating group) is 1. The minimum atomic E-state index is -0.980. The number of rotatable bonds is 3. The second kappa shape index (κ2) is 5.36. The summed E-state index contributed by atoms with van der Waals surface area (Å²) in [5.41, 5.74) is 2.16. The number of ether oxygens (including phenoxy) is 1. The van der Waals surface area contributed by atoms with E-state index >= 15 is 0 Å². The Bertz CT molecular complexity index is 590. The first-order chi connectivity index (χ1) is 9.40. The van der Waals surface area contributed by atoms with Gasteiger partial charge >= 0.3 is 5.97 Å². The van der Waals surface area contributed by atoms with Gasteiger partial charge in [0.25, 0.3) is 5.91 Å². The summed E-state index contributed by atoms with van der Waals surface area (Å²) in [6, 6.07) is 5.38. The van der Waals surface area contributed by atoms with Crippen LogP contribution in [0.15, 0.2) is 24.3 Å². The Morgan fingerprint density at radius 3 is 2.75 bits per heavy atom. The fourth-order valence-electron chi connectivity index (χ4n) is 2.17. The molecule has 0 atom stereocenters. The number of hydrogen-bond donors (Lipinski definition) is 1. The Balaban J connectivity index is 2.49. The van der Waals surface area contributed by atoms with Gasteiger partial charge in [0.1, 0.15) is 5.75 Å². The van der Waals surface area contributed by atoms with Gasteiger partial charge in [-0.3, -0.25) is 4.79 Å². The number of anilines is 1. The maximum atomic E-state index is 11.6. The second-order valence-electron chi connectivity index (χ2n) is 5.02. The van der Waals surface area contributed by atoms with Gasteiger partial charge in [0.05, 0.1) is 5.69 Å². The molecule has 0 aliphatic carbocycles. The molecule has 0 spiro atoms. The van der Waals surface area contributed by atoms with Crippen molar-refractivity contribution in [2.75, 3.05) is 18.6 Å². The zero-order valence-electron chi connectivity index (χ0n) is 11.7. The Hall–Kier alpha value is -2.30. The number of carboxylic acids is 1. The maximum absolute atomic E-state index is 11.6. The van der Waals surface area contributed by atoms with Crippen molar-refractivity contribution in [1.82, 2.24) is 0 Å². The molecule has 5 heteroatoms. The van der Waals surface area contributed by atoms with E-state index in [0.29, 0.717) is 17.0 Å². The number of benzene rings is 1. The third kappa shape index (κ3) is 2.66. The van der Waals surface area contributed by atoms with Crippen molar-refractivity contribution < 1.29 is 19.4 Å². The van der Waals surface area contributed by atoms with Crippen molar-refractivity contribution in [1.29, 1.82) is 0 Å². The molecule has 0 saturated heterocycles. The molecule has 1 aromatic rings. The molecule has 0 bridgehead atoms. The molecule has 1 aliphatic heterocycles. The van der Waals surface area contributed by atoms with Crippen molar-refractivity contribution in [2.45, 2.75) is 13.8 Å². The standard InChI is InChI=1S/C15H17NO4/c1-9(2)11(7-15(18)19)10-4-5-13-12(6-10)16(3)14(17)8-20-13/h4-7,9H,8H2,1-3H3,(H,18,19)/b11-7+. The summed E-state index contributed by atoms with van der Waals surface area (Å²) in [5, 5.41) is 8.96. The summed E-state index contributed by atoms with van der Waals surface area (Å²) in [5.74, 6) is -0.404. The number of fused-ring (bicyclic) bond motifs is 1. The van der Waals surface area contributed by atoms with Crippen LogP contribution in [-0.4, -0.2) is 30.6 Å². The highest BCUT2D eigenvalue weighted by molar-refractivity contribution is 5.98. The highest BCUT2D eigenvalue weighted by atomic mass is 16.5. The van der Waals surface area contributed by atoms with Gasteiger partial charge in [0.2, 0.25) is 0 Å². The van der Waals surface area contributed by atoms with Crippen molar-refractivity contribution in [3.05, 3.63) is 29.8 Å². The zero-order valence-corrected chi connectivity index (χ0v) is 11.7. The lowest BCUT2D eigenvalue weighted by molar-refractivity contribution is -0.131. The van der Waals surface area contributed by atoms with E-state index in [-0.39, 0.29) is 18.4 Å². The van der Waals surface area contributed by atoms with Crippen LogP contribution in [0.25, 0.3) is 5.57 Å². The predicted molar refractivity (Wildman–Crippen MR) is 75.8 cm³/mol. The molecule has 1 aromatic carbocycles. The average molecular weight is 275 g/mol. The van der Waals surface area contributed by atoms with Crippen molar-refractivity contribution in [2.24, 2.45) is 5.92 Å². The average Bonchev–Trinajstić information content (AvgIpc) is 2.40. The quantitative estimate of drug-likeness (QED) is 0.858. The fraction of sp³-hybridized carbons (Fsp3) is 0.333. The lowest BCUT2D eigenvalue weighted by atomic mass is 9.94. The molecule has 0 radical (unpaired) electrons. The Labute approximate surface area is 117 Å². The molecular formula is C15H17NO4. The van der Waals surface area contributed by atoms with E-state index < -0.39 is 5.97 Å². The van der Waals surface area contributed by atoms with E-state index in [4.69, 9.17) is 9.84 Å². The summed E-state index contributed by atoms with van der Waals surface area (Å²) in [7, 11) is 1.68. The molecule has 20 heavy (non-hydrogen) atoms. The van der Waals surface area contributed by atoms with Crippen LogP contribution in [0.3, 0.4) is 0 Å². The first kappa shape index (κ1) is 14.1. The van der Waals surface area contributed by atoms with E-state index in [2.05, 4.69) is 0 Å². The number of amides is 1. The first-order valence-electron chi connectivity index (χ1n) is 6.38. The molecule has 0 fully saturated rings. The minimum Gasteiger partial charge on any atom is -0.482 e. The SMILES string of the molecule is CC(C)/C(=C\C(=O)O)c1ccc2c(c1)N(C)C(=O)CO2. The number of carboxylic acid groups (broad SMARTS) is 1. The van der Waals surface area contributed by atoms with Crippen LogP contribution < -0.4 is 9.64 Å². The van der Waals surface area contributed by atoms with E-state index in [1.165, 1.54) is 11.0 Å². The first-order valence-corrected chi connectivity index (χ1v) is 6.38. The van der Waals surface area contributed by atoms with Crippen LogP contribution in [0.2, 0.25) is 0 Å². The molecule has 0 aromatic heterocycles. The smallest absolute Gasteiger partial charge is 0.328 e. The van der Waals surface area contributed by atoms with Gasteiger partial charge in [-0.05, 0) is 29.2 Å². The normalized spacial score (nSPS) is 15.1. The fourth-order valence-corrected chi connectivity index (χ4v) is 2.17. The van der Waals surface area contributed by atoms with Gasteiger partial charge in [-0.15, -0.1) is 0 Å². The number of allylic oxidation sites excluding steroid dienone is 1. The highest BCUT2D eigenvalue weighted by Crippen LogP contribution is 2.35. The van der Waals surface area contributed by atoms with Crippen LogP contribution in [-0.2, 0) is 9.59 Å². The van der Waals surface area contributed by atoms with Crippen LogP contribution in [0.5, 0.6) is 5.75 Å². The van der Waals surface area contributed by atoms with E-state index in [0.717, 1.165) is 5.56 Å². The molecule has 1 N–H and O–H groups in total. The minimum absolute atomic E-state index is 0.0326. The molecule has 0 unspecified atom stereocenters. The number of nitrogens with zero attached hydrogens (tertiary/aromatic N) is 1. The van der Waals surface area contributed by atoms with Gasteiger partial charge in [-0.25, -0.2) is 4.79 Å². The molecule has 2 rings (SSSR count). The summed E-state index contributed by atoms with van der Waals surface area (Å²) in [6.45, 7) is 3.89. The number of carbonyl (C=O) groups excluding carboxylic acids is 1. The lowest BCUT2D eigenvalue weighted by Crippen LogP contribution is -2.35. The van der Waals surface area contributed by atoms with E-state index in [1.807, 2.05) is 19.9 Å². The Morgan fingerprint density at radius 2 is 2.15 bits per heavy atom. The number of aliphatic carboxylic acids is 1. The van der Waals surface area contributed by atoms with E-state index in [9.17, 15) is 9.59 Å². The van der Waals surface area contributed by atoms with Gasteiger partial charge in [-0.2, -0.15) is 0 Å². The third-order valence-electron chi connectivity index (χ3n) is 3.28. The highest BCUT2D eigenvalue weighted by Gasteiger charge is 2.23. The maximum Gasteiger partial charge on any atom is 0.328 e. The largest absolute Gasteiger partial charge is 0.482 e. The molecule has 0 saturated carbocycles. The lowest BCUT2D eigenvalue weighted by Gasteiger charge is -2.27. The summed E-state index contributed by atoms with van der Waals surface area (Å²) < 4.78 is 5.36. The summed E-state index contributed by atoms with van der Waals surface area (Å²) in [4.78, 5) is 24.1. The van der Waals surface area contributed by atoms with E-state index in [1.54, 1.807) is 19.2 Å². The topological polar surface area (TPSA) is 66.8 Å². The van der Waals surface area contributed by atoms with Crippen molar-refractivity contribution >= 4 is 23.1 Å². The Morgan fingerprint density at radius 1 is 1.45 bits per heavy atom. The van der Waals surface area contributed by atoms with Gasteiger partial charge in [0.15, 0.2) is 6.61 Å². The third-order valence-corrected chi connectivity index (χ3v) is 3.28. The van der Waals surface area contributed by atoms with Crippen molar-refractivity contribution in [3.63, 3.8) is 0 Å². The predicted octanol–water partition coefficient (Wildman–Crippen LogP) is 2.17. The van der Waals surface area contributed by atoms with Gasteiger partial charge in [-0.1, -0.05) is 19.9 Å². The van der Waals surface area contributed by atoms with Crippen molar-refractivity contribution in [3.8, 4) is 5.75 Å². The zero-order chi connectivity index (χ0) is 14.9. The molecule has 1 aliphatic rings. The van der Waals surface area contributed by atoms with Crippen LogP contribution in [0, 0.1) is 5.92 Å². The number of hydrogen-bond acceptors (Lipinski definition) is 3. The molecular weight excluding hydrogens is 258 g/mol. The monoisotopic (exact) mass is 275 g/mol.